The zero-order valence-electron chi connectivity index (χ0n) is 18.9. The fourth-order valence-electron chi connectivity index (χ4n) is 4.06. The predicted octanol–water partition coefficient (Wildman–Crippen LogP) is 8.26. The zero-order valence-corrected chi connectivity index (χ0v) is 18.9. The molecule has 0 spiro atoms. The maximum Gasteiger partial charge on any atom is 0.193 e. The molecule has 0 atom stereocenters. The van der Waals surface area contributed by atoms with Gasteiger partial charge in [0.05, 0.1) is 0 Å². The van der Waals surface area contributed by atoms with E-state index in [1.54, 1.807) is 24.3 Å². The molecule has 0 aliphatic rings. The van der Waals surface area contributed by atoms with E-state index >= 15 is 0 Å². The van der Waals surface area contributed by atoms with Gasteiger partial charge in [-0.15, -0.1) is 0 Å². The van der Waals surface area contributed by atoms with E-state index in [1.165, 1.54) is 77.0 Å². The lowest BCUT2D eigenvalue weighted by atomic mass is 9.95. The van der Waals surface area contributed by atoms with Crippen molar-refractivity contribution < 1.29 is 9.90 Å². The van der Waals surface area contributed by atoms with Crippen LogP contribution in [0, 0.1) is 0 Å². The number of phenolic OH excluding ortho intramolecular Hbond substituents is 1. The molecule has 164 valence electrons. The Morgan fingerprint density at radius 2 is 1.17 bits per heavy atom. The van der Waals surface area contributed by atoms with Crippen LogP contribution >= 0.6 is 0 Å². The number of benzene rings is 2. The minimum Gasteiger partial charge on any atom is -0.508 e. The fraction of sp³-hybridized carbons (Fsp3) is 0.536. The average molecular weight is 409 g/mol. The maximum atomic E-state index is 12.8. The minimum absolute atomic E-state index is 0.0419. The Morgan fingerprint density at radius 1 is 0.667 bits per heavy atom. The van der Waals surface area contributed by atoms with E-state index in [0.717, 1.165) is 24.0 Å². The number of carbonyl (C=O) groups excluding carboxylic acids is 1. The van der Waals surface area contributed by atoms with Gasteiger partial charge in [-0.2, -0.15) is 0 Å². The molecule has 2 nitrogen and oxygen atoms in total. The molecule has 0 aliphatic heterocycles. The summed E-state index contributed by atoms with van der Waals surface area (Å²) in [4.78, 5) is 12.8. The lowest BCUT2D eigenvalue weighted by molar-refractivity contribution is 0.103. The summed E-state index contributed by atoms with van der Waals surface area (Å²) in [5, 5.41) is 9.44. The molecule has 2 aromatic rings. The van der Waals surface area contributed by atoms with Crippen LogP contribution in [0.5, 0.6) is 5.75 Å². The monoisotopic (exact) mass is 408 g/mol. The highest BCUT2D eigenvalue weighted by Crippen LogP contribution is 2.20. The smallest absolute Gasteiger partial charge is 0.193 e. The first-order valence-electron chi connectivity index (χ1n) is 12.1. The summed E-state index contributed by atoms with van der Waals surface area (Å²) in [5.74, 6) is 0.229. The van der Waals surface area contributed by atoms with Crippen molar-refractivity contribution in [3.05, 3.63) is 65.2 Å². The molecule has 0 saturated carbocycles. The summed E-state index contributed by atoms with van der Waals surface area (Å²) >= 11 is 0. The van der Waals surface area contributed by atoms with Crippen LogP contribution in [0.4, 0.5) is 0 Å². The van der Waals surface area contributed by atoms with Crippen molar-refractivity contribution in [3.8, 4) is 5.75 Å². The summed E-state index contributed by atoms with van der Waals surface area (Å²) in [6.45, 7) is 2.27. The average Bonchev–Trinajstić information content (AvgIpc) is 2.77. The van der Waals surface area contributed by atoms with Gasteiger partial charge in [-0.25, -0.2) is 0 Å². The lowest BCUT2D eigenvalue weighted by Gasteiger charge is -2.09. The van der Waals surface area contributed by atoms with Crippen LogP contribution in [0.15, 0.2) is 48.5 Å². The van der Waals surface area contributed by atoms with Crippen LogP contribution in [0.2, 0.25) is 0 Å². The van der Waals surface area contributed by atoms with E-state index in [1.807, 2.05) is 18.2 Å². The molecule has 0 unspecified atom stereocenters. The summed E-state index contributed by atoms with van der Waals surface area (Å²) in [6, 6.07) is 14.5. The number of rotatable bonds is 16. The van der Waals surface area contributed by atoms with Crippen LogP contribution in [-0.2, 0) is 6.42 Å². The molecule has 2 aromatic carbocycles. The third-order valence-electron chi connectivity index (χ3n) is 5.94. The second-order valence-corrected chi connectivity index (χ2v) is 8.53. The van der Waals surface area contributed by atoms with Crippen molar-refractivity contribution in [1.82, 2.24) is 0 Å². The van der Waals surface area contributed by atoms with Gasteiger partial charge in [-0.05, 0) is 42.7 Å². The third-order valence-corrected chi connectivity index (χ3v) is 5.94. The molecular formula is C28H40O2. The largest absolute Gasteiger partial charge is 0.508 e. The number of ketones is 1. The van der Waals surface area contributed by atoms with Gasteiger partial charge in [0, 0.05) is 11.1 Å². The van der Waals surface area contributed by atoms with Crippen LogP contribution < -0.4 is 0 Å². The number of unbranched alkanes of at least 4 members (excludes halogenated alkanes) is 12. The van der Waals surface area contributed by atoms with Crippen molar-refractivity contribution in [3.63, 3.8) is 0 Å². The van der Waals surface area contributed by atoms with Gasteiger partial charge in [-0.3, -0.25) is 4.79 Å². The van der Waals surface area contributed by atoms with Gasteiger partial charge >= 0.3 is 0 Å². The molecule has 2 rings (SSSR count). The Hall–Kier alpha value is -2.09. The Bertz CT molecular complexity index is 718. The summed E-state index contributed by atoms with van der Waals surface area (Å²) < 4.78 is 0. The molecule has 0 saturated heterocycles. The second kappa shape index (κ2) is 14.8. The van der Waals surface area contributed by atoms with Gasteiger partial charge in [0.25, 0.3) is 0 Å². The van der Waals surface area contributed by atoms with E-state index in [4.69, 9.17) is 0 Å². The number of hydrogen-bond donors (Lipinski definition) is 1. The highest BCUT2D eigenvalue weighted by Gasteiger charge is 2.13. The zero-order chi connectivity index (χ0) is 21.4. The molecule has 2 heteroatoms. The molecule has 0 radical (unpaired) electrons. The molecule has 0 aromatic heterocycles. The molecule has 30 heavy (non-hydrogen) atoms. The summed E-state index contributed by atoms with van der Waals surface area (Å²) in [7, 11) is 0. The normalized spacial score (nSPS) is 11.0. The molecular weight excluding hydrogens is 368 g/mol. The first kappa shape index (κ1) is 24.2. The van der Waals surface area contributed by atoms with Gasteiger partial charge in [0.15, 0.2) is 5.78 Å². The topological polar surface area (TPSA) is 37.3 Å². The van der Waals surface area contributed by atoms with Crippen LogP contribution in [0.1, 0.15) is 112 Å². The van der Waals surface area contributed by atoms with Crippen LogP contribution in [-0.4, -0.2) is 10.9 Å². The Kier molecular flexibility index (Phi) is 11.9. The fourth-order valence-corrected chi connectivity index (χ4v) is 4.06. The molecule has 0 aliphatic carbocycles. The van der Waals surface area contributed by atoms with Crippen molar-refractivity contribution >= 4 is 5.78 Å². The number of aromatic hydroxyl groups is 1. The SMILES string of the molecule is CCCCCCCCCCCCCCCc1ccccc1C(=O)c1ccc(O)cc1. The first-order valence-corrected chi connectivity index (χ1v) is 12.1. The highest BCUT2D eigenvalue weighted by molar-refractivity contribution is 6.09. The van der Waals surface area contributed by atoms with Crippen LogP contribution in [0.3, 0.4) is 0 Å². The van der Waals surface area contributed by atoms with Gasteiger partial charge < -0.3 is 5.11 Å². The molecule has 0 amide bonds. The van der Waals surface area contributed by atoms with Crippen LogP contribution in [0.25, 0.3) is 0 Å². The van der Waals surface area contributed by atoms with E-state index in [2.05, 4.69) is 13.0 Å². The lowest BCUT2D eigenvalue weighted by Crippen LogP contribution is -2.05. The summed E-state index contributed by atoms with van der Waals surface area (Å²) in [6.07, 6.45) is 18.5. The van der Waals surface area contributed by atoms with Gasteiger partial charge in [0.2, 0.25) is 0 Å². The molecule has 0 fully saturated rings. The Balaban J connectivity index is 1.61. The number of hydrogen-bond acceptors (Lipinski definition) is 2. The molecule has 0 heterocycles. The molecule has 1 N–H and O–H groups in total. The van der Waals surface area contributed by atoms with E-state index < -0.39 is 0 Å². The van der Waals surface area contributed by atoms with Gasteiger partial charge in [0.1, 0.15) is 5.75 Å². The van der Waals surface area contributed by atoms with Gasteiger partial charge in [-0.1, -0.05) is 108 Å². The molecule has 0 bridgehead atoms. The first-order chi connectivity index (χ1) is 14.7. The Morgan fingerprint density at radius 3 is 1.73 bits per heavy atom. The van der Waals surface area contributed by atoms with Crippen molar-refractivity contribution in [2.75, 3.05) is 0 Å². The van der Waals surface area contributed by atoms with Crippen molar-refractivity contribution in [2.24, 2.45) is 0 Å². The highest BCUT2D eigenvalue weighted by atomic mass is 16.3. The third kappa shape index (κ3) is 9.15. The standard InChI is InChI=1S/C28H40O2/c1-2-3-4-5-6-7-8-9-10-11-12-13-14-17-24-18-15-16-19-27(24)28(30)25-20-22-26(29)23-21-25/h15-16,18-23,29H,2-14,17H2,1H3. The predicted molar refractivity (Wildman–Crippen MR) is 127 cm³/mol. The summed E-state index contributed by atoms with van der Waals surface area (Å²) in [5.41, 5.74) is 2.56. The van der Waals surface area contributed by atoms with E-state index in [0.29, 0.717) is 5.56 Å². The van der Waals surface area contributed by atoms with Crippen molar-refractivity contribution in [1.29, 1.82) is 0 Å². The number of carbonyl (C=O) groups is 1. The second-order valence-electron chi connectivity index (χ2n) is 8.53. The van der Waals surface area contributed by atoms with Crippen molar-refractivity contribution in [2.45, 2.75) is 96.8 Å². The minimum atomic E-state index is 0.0419. The Labute approximate surface area is 183 Å². The number of aryl methyl sites for hydroxylation is 1. The van der Waals surface area contributed by atoms with E-state index in [-0.39, 0.29) is 11.5 Å². The van der Waals surface area contributed by atoms with E-state index in [9.17, 15) is 9.90 Å². The maximum absolute atomic E-state index is 12.8. The quantitative estimate of drug-likeness (QED) is 0.224. The number of phenols is 1.